The van der Waals surface area contributed by atoms with Crippen LogP contribution in [0.2, 0.25) is 0 Å². The zero-order valence-corrected chi connectivity index (χ0v) is 19.2. The van der Waals surface area contributed by atoms with Crippen molar-refractivity contribution in [3.63, 3.8) is 0 Å². The molecule has 1 saturated carbocycles. The number of fused-ring (bicyclic) bond motifs is 2. The molecular formula is C27H26N2O4. The molecule has 4 aliphatic rings. The van der Waals surface area contributed by atoms with Gasteiger partial charge in [-0.2, -0.15) is 0 Å². The van der Waals surface area contributed by atoms with Crippen molar-refractivity contribution in [3.05, 3.63) is 70.8 Å². The molecule has 2 heterocycles. The first-order valence-corrected chi connectivity index (χ1v) is 11.4. The van der Waals surface area contributed by atoms with E-state index in [4.69, 9.17) is 4.74 Å². The molecule has 2 aliphatic carbocycles. The molecule has 4 atom stereocenters. The van der Waals surface area contributed by atoms with E-state index in [9.17, 15) is 14.4 Å². The number of allylic oxidation sites excluding steroid dienone is 1. The van der Waals surface area contributed by atoms with E-state index in [-0.39, 0.29) is 29.2 Å². The number of imide groups is 1. The van der Waals surface area contributed by atoms with Gasteiger partial charge in [0.15, 0.2) is 0 Å². The van der Waals surface area contributed by atoms with Crippen LogP contribution in [0.5, 0.6) is 5.75 Å². The van der Waals surface area contributed by atoms with Crippen molar-refractivity contribution in [1.82, 2.24) is 4.90 Å². The summed E-state index contributed by atoms with van der Waals surface area (Å²) in [5, 5.41) is 0. The van der Waals surface area contributed by atoms with Crippen molar-refractivity contribution < 1.29 is 19.1 Å². The normalized spacial score (nSPS) is 29.3. The lowest BCUT2D eigenvalue weighted by molar-refractivity contribution is -0.129. The van der Waals surface area contributed by atoms with Gasteiger partial charge in [-0.05, 0) is 72.6 Å². The van der Waals surface area contributed by atoms with Crippen molar-refractivity contribution in [3.8, 4) is 5.75 Å². The molecule has 0 aromatic heterocycles. The fraction of sp³-hybridized carbons (Fsp3) is 0.370. The molecule has 0 spiro atoms. The first-order chi connectivity index (χ1) is 15.8. The molecule has 1 saturated heterocycles. The number of methoxy groups -OCH3 is 1. The lowest BCUT2D eigenvalue weighted by atomic mass is 9.80. The Kier molecular flexibility index (Phi) is 4.02. The summed E-state index contributed by atoms with van der Waals surface area (Å²) >= 11 is 0. The Morgan fingerprint density at radius 1 is 0.879 bits per heavy atom. The summed E-state index contributed by atoms with van der Waals surface area (Å²) in [6.07, 6.45) is 1.00. The lowest BCUT2D eigenvalue weighted by Crippen LogP contribution is -2.72. The van der Waals surface area contributed by atoms with Gasteiger partial charge in [-0.25, -0.2) is 0 Å². The molecule has 33 heavy (non-hydrogen) atoms. The van der Waals surface area contributed by atoms with Crippen LogP contribution in [0.15, 0.2) is 59.7 Å². The Labute approximate surface area is 192 Å². The summed E-state index contributed by atoms with van der Waals surface area (Å²) in [5.41, 5.74) is 4.17. The number of ether oxygens (including phenoxy) is 1. The third kappa shape index (κ3) is 2.52. The number of carbonyl (C=O) groups is 3. The second-order valence-electron chi connectivity index (χ2n) is 10.2. The molecule has 168 valence electrons. The van der Waals surface area contributed by atoms with Gasteiger partial charge in [-0.1, -0.05) is 31.6 Å². The fourth-order valence-corrected chi connectivity index (χ4v) is 6.42. The second kappa shape index (κ2) is 6.56. The Morgan fingerprint density at radius 2 is 1.48 bits per heavy atom. The molecule has 2 aromatic carbocycles. The van der Waals surface area contributed by atoms with Gasteiger partial charge in [0.1, 0.15) is 11.8 Å². The van der Waals surface area contributed by atoms with Crippen molar-refractivity contribution in [1.29, 1.82) is 0 Å². The van der Waals surface area contributed by atoms with E-state index in [1.54, 1.807) is 36.3 Å². The van der Waals surface area contributed by atoms with Gasteiger partial charge >= 0.3 is 0 Å². The third-order valence-electron chi connectivity index (χ3n) is 8.25. The number of anilines is 1. The second-order valence-corrected chi connectivity index (χ2v) is 10.2. The number of hydrogen-bond acceptors (Lipinski definition) is 4. The number of β-lactam (4-membered cyclic amide) rings is 1. The molecule has 6 rings (SSSR count). The molecule has 2 aromatic rings. The van der Waals surface area contributed by atoms with Crippen LogP contribution in [0.1, 0.15) is 47.9 Å². The van der Waals surface area contributed by atoms with Crippen LogP contribution in [0.4, 0.5) is 5.69 Å². The van der Waals surface area contributed by atoms with Crippen molar-refractivity contribution in [2.24, 2.45) is 17.3 Å². The van der Waals surface area contributed by atoms with Crippen LogP contribution in [0, 0.1) is 17.3 Å². The van der Waals surface area contributed by atoms with E-state index in [1.807, 2.05) is 24.3 Å². The van der Waals surface area contributed by atoms with E-state index in [0.29, 0.717) is 28.7 Å². The molecule has 2 aliphatic heterocycles. The molecule has 3 amide bonds. The highest BCUT2D eigenvalue weighted by molar-refractivity contribution is 6.25. The summed E-state index contributed by atoms with van der Waals surface area (Å²) in [6, 6.07) is 13.0. The van der Waals surface area contributed by atoms with Gasteiger partial charge in [-0.15, -0.1) is 0 Å². The first kappa shape index (κ1) is 20.2. The maximum Gasteiger partial charge on any atom is 0.262 e. The monoisotopic (exact) mass is 442 g/mol. The van der Waals surface area contributed by atoms with E-state index >= 15 is 0 Å². The van der Waals surface area contributed by atoms with Crippen molar-refractivity contribution in [2.75, 3.05) is 12.0 Å². The van der Waals surface area contributed by atoms with Gasteiger partial charge < -0.3 is 9.64 Å². The Bertz CT molecular complexity index is 1220. The standard InChI is InChI=1S/C27H26N2O4/c1-14-13-19-21(27(19,2)3)20(14)22-23(26(32)28(22)15-9-11-16(33-4)12-10-15)29-24(30)17-7-5-6-8-18(17)25(29)31/h5-12,19,21-23H,13H2,1-4H3/t19-,21-,22+,23-/m0/s1. The average Bonchev–Trinajstić information content (AvgIpc) is 3.06. The smallest absolute Gasteiger partial charge is 0.262 e. The van der Waals surface area contributed by atoms with Gasteiger partial charge in [0.25, 0.3) is 17.7 Å². The number of rotatable bonds is 4. The Morgan fingerprint density at radius 3 is 2.03 bits per heavy atom. The summed E-state index contributed by atoms with van der Waals surface area (Å²) in [6.45, 7) is 6.67. The van der Waals surface area contributed by atoms with Gasteiger partial charge in [0.2, 0.25) is 0 Å². The summed E-state index contributed by atoms with van der Waals surface area (Å²) < 4.78 is 5.28. The van der Waals surface area contributed by atoms with Crippen LogP contribution in [-0.2, 0) is 4.79 Å². The van der Waals surface area contributed by atoms with E-state index in [1.165, 1.54) is 16.0 Å². The maximum absolute atomic E-state index is 13.6. The maximum atomic E-state index is 13.6. The number of benzene rings is 2. The topological polar surface area (TPSA) is 66.9 Å². The van der Waals surface area contributed by atoms with E-state index in [0.717, 1.165) is 12.1 Å². The predicted octanol–water partition coefficient (Wildman–Crippen LogP) is 4.07. The number of amides is 3. The zero-order valence-electron chi connectivity index (χ0n) is 19.2. The van der Waals surface area contributed by atoms with E-state index in [2.05, 4.69) is 20.8 Å². The minimum Gasteiger partial charge on any atom is -0.497 e. The van der Waals surface area contributed by atoms with E-state index < -0.39 is 6.04 Å². The van der Waals surface area contributed by atoms with Crippen LogP contribution in [0.25, 0.3) is 0 Å². The lowest BCUT2D eigenvalue weighted by Gasteiger charge is -2.51. The highest BCUT2D eigenvalue weighted by atomic mass is 16.5. The first-order valence-electron chi connectivity index (χ1n) is 11.4. The molecule has 0 radical (unpaired) electrons. The fourth-order valence-electron chi connectivity index (χ4n) is 6.42. The zero-order chi connectivity index (χ0) is 23.2. The molecule has 0 unspecified atom stereocenters. The molecule has 6 nitrogen and oxygen atoms in total. The van der Waals surface area contributed by atoms with Crippen molar-refractivity contribution in [2.45, 2.75) is 39.3 Å². The number of carbonyl (C=O) groups excluding carboxylic acids is 3. The van der Waals surface area contributed by atoms with Gasteiger partial charge in [0, 0.05) is 5.69 Å². The van der Waals surface area contributed by atoms with Crippen LogP contribution in [0.3, 0.4) is 0 Å². The molecule has 6 heteroatoms. The van der Waals surface area contributed by atoms with Crippen LogP contribution in [-0.4, -0.2) is 41.8 Å². The highest BCUT2D eigenvalue weighted by Gasteiger charge is 2.68. The minimum absolute atomic E-state index is 0.172. The largest absolute Gasteiger partial charge is 0.497 e. The van der Waals surface area contributed by atoms with Crippen LogP contribution < -0.4 is 9.64 Å². The molecule has 0 N–H and O–H groups in total. The Balaban J connectivity index is 1.44. The number of hydrogen-bond donors (Lipinski definition) is 0. The summed E-state index contributed by atoms with van der Waals surface area (Å²) in [7, 11) is 1.60. The average molecular weight is 443 g/mol. The van der Waals surface area contributed by atoms with Gasteiger partial charge in [0.05, 0.1) is 24.3 Å². The SMILES string of the molecule is COc1ccc(N2C(=O)[C@@H](N3C(=O)c4ccccc4C3=O)[C@H]2C2=C(C)C[C@H]3[C@@H]2C3(C)C)cc1. The van der Waals surface area contributed by atoms with Gasteiger partial charge in [-0.3, -0.25) is 19.3 Å². The van der Waals surface area contributed by atoms with Crippen LogP contribution >= 0.6 is 0 Å². The molecule has 0 bridgehead atoms. The van der Waals surface area contributed by atoms with Crippen molar-refractivity contribution >= 4 is 23.4 Å². The third-order valence-corrected chi connectivity index (χ3v) is 8.25. The highest BCUT2D eigenvalue weighted by Crippen LogP contribution is 2.70. The quantitative estimate of drug-likeness (QED) is 0.407. The molecule has 2 fully saturated rings. The Hall–Kier alpha value is -3.41. The number of nitrogens with zero attached hydrogens (tertiary/aromatic N) is 2. The molecular weight excluding hydrogens is 416 g/mol. The summed E-state index contributed by atoms with van der Waals surface area (Å²) in [5.74, 6) is 0.659. The minimum atomic E-state index is -0.820. The summed E-state index contributed by atoms with van der Waals surface area (Å²) in [4.78, 5) is 43.2. The predicted molar refractivity (Wildman–Crippen MR) is 123 cm³/mol.